The summed E-state index contributed by atoms with van der Waals surface area (Å²) in [5.74, 6) is 0.546. The molecule has 3 rings (SSSR count). The van der Waals surface area contributed by atoms with Crippen LogP contribution >= 0.6 is 11.6 Å². The molecule has 20 heavy (non-hydrogen) atoms. The van der Waals surface area contributed by atoms with E-state index in [-0.39, 0.29) is 11.1 Å². The molecule has 2 nitrogen and oxygen atoms in total. The molecule has 2 aromatic carbocycles. The second-order valence-corrected chi connectivity index (χ2v) is 5.43. The van der Waals surface area contributed by atoms with Crippen LogP contribution in [0.3, 0.4) is 0 Å². The fourth-order valence-electron chi connectivity index (χ4n) is 2.48. The zero-order valence-corrected chi connectivity index (χ0v) is 11.7. The molecule has 1 unspecified atom stereocenters. The van der Waals surface area contributed by atoms with E-state index in [1.54, 1.807) is 12.1 Å². The van der Waals surface area contributed by atoms with Crippen molar-refractivity contribution in [2.45, 2.75) is 18.9 Å². The highest BCUT2D eigenvalue weighted by Crippen LogP contribution is 2.29. The Labute approximate surface area is 122 Å². The highest BCUT2D eigenvalue weighted by Gasteiger charge is 2.15. The first-order valence-corrected chi connectivity index (χ1v) is 6.96. The minimum Gasteiger partial charge on any atom is -0.493 e. The summed E-state index contributed by atoms with van der Waals surface area (Å²) in [5.41, 5.74) is 9.43. The lowest BCUT2D eigenvalue weighted by Gasteiger charge is -2.13. The van der Waals surface area contributed by atoms with Crippen molar-refractivity contribution in [2.24, 2.45) is 5.73 Å². The highest BCUT2D eigenvalue weighted by atomic mass is 35.5. The second kappa shape index (κ2) is 5.43. The van der Waals surface area contributed by atoms with Crippen molar-refractivity contribution >= 4 is 11.6 Å². The number of fused-ring (bicyclic) bond motifs is 1. The zero-order valence-electron chi connectivity index (χ0n) is 10.9. The third-order valence-electron chi connectivity index (χ3n) is 3.58. The standard InChI is InChI=1S/C16H15ClFNO/c17-13-7-10(1-3-14(13)18)8-15(19)11-2-4-16-12(9-11)5-6-20-16/h1-4,7,9,15H,5-6,8,19H2. The Morgan fingerprint density at radius 1 is 1.25 bits per heavy atom. The molecule has 0 amide bonds. The van der Waals surface area contributed by atoms with Gasteiger partial charge in [0.2, 0.25) is 0 Å². The first-order chi connectivity index (χ1) is 9.63. The summed E-state index contributed by atoms with van der Waals surface area (Å²) in [7, 11) is 0. The van der Waals surface area contributed by atoms with Crippen molar-refractivity contribution in [3.8, 4) is 5.75 Å². The van der Waals surface area contributed by atoms with E-state index in [0.29, 0.717) is 6.42 Å². The van der Waals surface area contributed by atoms with Gasteiger partial charge in [0.25, 0.3) is 0 Å². The Bertz CT molecular complexity index is 644. The van der Waals surface area contributed by atoms with Crippen molar-refractivity contribution in [1.82, 2.24) is 0 Å². The summed E-state index contributed by atoms with van der Waals surface area (Å²) >= 11 is 5.79. The van der Waals surface area contributed by atoms with Crippen LogP contribution in [0.1, 0.15) is 22.7 Å². The van der Waals surface area contributed by atoms with Gasteiger partial charge in [-0.1, -0.05) is 29.8 Å². The molecule has 1 aliphatic heterocycles. The van der Waals surface area contributed by atoms with E-state index in [9.17, 15) is 4.39 Å². The molecule has 1 atom stereocenters. The minimum absolute atomic E-state index is 0.136. The molecular formula is C16H15ClFNO. The molecule has 0 bridgehead atoms. The third kappa shape index (κ3) is 2.65. The fraction of sp³-hybridized carbons (Fsp3) is 0.250. The van der Waals surface area contributed by atoms with Crippen LogP contribution in [-0.4, -0.2) is 6.61 Å². The lowest BCUT2D eigenvalue weighted by molar-refractivity contribution is 0.357. The van der Waals surface area contributed by atoms with E-state index in [1.807, 2.05) is 12.1 Å². The van der Waals surface area contributed by atoms with Crippen molar-refractivity contribution in [2.75, 3.05) is 6.61 Å². The molecule has 0 radical (unpaired) electrons. The molecule has 0 aromatic heterocycles. The molecule has 0 saturated carbocycles. The maximum absolute atomic E-state index is 13.1. The number of halogens is 2. The Kier molecular flexibility index (Phi) is 3.64. The van der Waals surface area contributed by atoms with Crippen LogP contribution in [0, 0.1) is 5.82 Å². The molecule has 2 N–H and O–H groups in total. The predicted molar refractivity (Wildman–Crippen MR) is 77.7 cm³/mol. The molecule has 0 spiro atoms. The van der Waals surface area contributed by atoms with Gasteiger partial charge in [0.05, 0.1) is 11.6 Å². The van der Waals surface area contributed by atoms with Crippen molar-refractivity contribution in [3.63, 3.8) is 0 Å². The van der Waals surface area contributed by atoms with E-state index < -0.39 is 5.82 Å². The Morgan fingerprint density at radius 3 is 2.90 bits per heavy atom. The Morgan fingerprint density at radius 2 is 2.10 bits per heavy atom. The maximum Gasteiger partial charge on any atom is 0.141 e. The number of hydrogen-bond acceptors (Lipinski definition) is 2. The van der Waals surface area contributed by atoms with Gasteiger partial charge < -0.3 is 10.5 Å². The topological polar surface area (TPSA) is 35.2 Å². The van der Waals surface area contributed by atoms with Crippen molar-refractivity contribution in [1.29, 1.82) is 0 Å². The van der Waals surface area contributed by atoms with Gasteiger partial charge in [-0.05, 0) is 41.3 Å². The van der Waals surface area contributed by atoms with Crippen LogP contribution in [0.5, 0.6) is 5.75 Å². The molecule has 0 fully saturated rings. The highest BCUT2D eigenvalue weighted by molar-refractivity contribution is 6.30. The first kappa shape index (κ1) is 13.4. The van der Waals surface area contributed by atoms with Gasteiger partial charge in [-0.25, -0.2) is 4.39 Å². The van der Waals surface area contributed by atoms with Crippen LogP contribution in [-0.2, 0) is 12.8 Å². The molecule has 4 heteroatoms. The van der Waals surface area contributed by atoms with Crippen LogP contribution in [0.2, 0.25) is 5.02 Å². The van der Waals surface area contributed by atoms with Gasteiger partial charge >= 0.3 is 0 Å². The largest absolute Gasteiger partial charge is 0.493 e. The summed E-state index contributed by atoms with van der Waals surface area (Å²) in [6, 6.07) is 10.6. The summed E-state index contributed by atoms with van der Waals surface area (Å²) in [6.07, 6.45) is 1.55. The summed E-state index contributed by atoms with van der Waals surface area (Å²) in [5, 5.41) is 0.136. The molecule has 0 saturated heterocycles. The van der Waals surface area contributed by atoms with Gasteiger partial charge in [0, 0.05) is 12.5 Å². The number of benzene rings is 2. The molecule has 2 aromatic rings. The average Bonchev–Trinajstić information content (AvgIpc) is 2.90. The average molecular weight is 292 g/mol. The maximum atomic E-state index is 13.1. The van der Waals surface area contributed by atoms with Gasteiger partial charge in [-0.15, -0.1) is 0 Å². The minimum atomic E-state index is -0.404. The molecule has 104 valence electrons. The number of hydrogen-bond donors (Lipinski definition) is 1. The zero-order chi connectivity index (χ0) is 14.1. The first-order valence-electron chi connectivity index (χ1n) is 6.58. The van der Waals surface area contributed by atoms with Crippen molar-refractivity contribution < 1.29 is 9.13 Å². The van der Waals surface area contributed by atoms with E-state index >= 15 is 0 Å². The van der Waals surface area contributed by atoms with Crippen LogP contribution < -0.4 is 10.5 Å². The lowest BCUT2D eigenvalue weighted by Crippen LogP contribution is -2.13. The number of rotatable bonds is 3. The van der Waals surface area contributed by atoms with Gasteiger partial charge in [-0.2, -0.15) is 0 Å². The predicted octanol–water partition coefficient (Wildman–Crippen LogP) is 3.66. The quantitative estimate of drug-likeness (QED) is 0.937. The van der Waals surface area contributed by atoms with E-state index in [0.717, 1.165) is 29.9 Å². The number of nitrogens with two attached hydrogens (primary N) is 1. The molecule has 0 aliphatic carbocycles. The monoisotopic (exact) mass is 291 g/mol. The second-order valence-electron chi connectivity index (χ2n) is 5.02. The fourth-order valence-corrected chi connectivity index (χ4v) is 2.68. The SMILES string of the molecule is NC(Cc1ccc(F)c(Cl)c1)c1ccc2c(c1)CCO2. The van der Waals surface area contributed by atoms with E-state index in [1.165, 1.54) is 11.6 Å². The molecule has 1 aliphatic rings. The Hall–Kier alpha value is -1.58. The van der Waals surface area contributed by atoms with Crippen LogP contribution in [0.25, 0.3) is 0 Å². The van der Waals surface area contributed by atoms with Crippen molar-refractivity contribution in [3.05, 3.63) is 63.9 Å². The molecule has 1 heterocycles. The summed E-state index contributed by atoms with van der Waals surface area (Å²) < 4.78 is 18.6. The van der Waals surface area contributed by atoms with Gasteiger partial charge in [-0.3, -0.25) is 0 Å². The normalized spacial score (nSPS) is 14.8. The smallest absolute Gasteiger partial charge is 0.141 e. The van der Waals surface area contributed by atoms with Crippen LogP contribution in [0.4, 0.5) is 4.39 Å². The number of ether oxygens (including phenoxy) is 1. The van der Waals surface area contributed by atoms with Crippen LogP contribution in [0.15, 0.2) is 36.4 Å². The van der Waals surface area contributed by atoms with E-state index in [2.05, 4.69) is 6.07 Å². The Balaban J connectivity index is 1.78. The van der Waals surface area contributed by atoms with E-state index in [4.69, 9.17) is 22.1 Å². The van der Waals surface area contributed by atoms with Gasteiger partial charge in [0.1, 0.15) is 11.6 Å². The summed E-state index contributed by atoms with van der Waals surface area (Å²) in [6.45, 7) is 0.738. The lowest BCUT2D eigenvalue weighted by atomic mass is 9.97. The summed E-state index contributed by atoms with van der Waals surface area (Å²) in [4.78, 5) is 0. The molecular weight excluding hydrogens is 277 g/mol. The third-order valence-corrected chi connectivity index (χ3v) is 3.87. The van der Waals surface area contributed by atoms with Gasteiger partial charge in [0.15, 0.2) is 0 Å².